The maximum absolute atomic E-state index is 12.0. The Labute approximate surface area is 124 Å². The lowest BCUT2D eigenvalue weighted by Crippen LogP contribution is -2.47. The smallest absolute Gasteiger partial charge is 0.326 e. The average molecular weight is 295 g/mol. The monoisotopic (exact) mass is 295 g/mol. The molecular weight excluding hydrogens is 274 g/mol. The average Bonchev–Trinajstić information content (AvgIpc) is 2.42. The van der Waals surface area contributed by atoms with E-state index in [1.165, 1.54) is 11.8 Å². The Morgan fingerprint density at radius 2 is 1.80 bits per heavy atom. The van der Waals surface area contributed by atoms with Gasteiger partial charge >= 0.3 is 5.97 Å². The van der Waals surface area contributed by atoms with E-state index < -0.39 is 12.0 Å². The highest BCUT2D eigenvalue weighted by atomic mass is 32.2. The van der Waals surface area contributed by atoms with Crippen LogP contribution in [-0.4, -0.2) is 28.3 Å². The third-order valence-electron chi connectivity index (χ3n) is 2.94. The maximum atomic E-state index is 12.0. The molecule has 0 saturated heterocycles. The maximum Gasteiger partial charge on any atom is 0.326 e. The summed E-state index contributed by atoms with van der Waals surface area (Å²) >= 11 is 1.50. The second kappa shape index (κ2) is 7.94. The highest BCUT2D eigenvalue weighted by Gasteiger charge is 2.25. The van der Waals surface area contributed by atoms with Crippen molar-refractivity contribution in [2.75, 3.05) is 0 Å². The lowest BCUT2D eigenvalue weighted by Gasteiger charge is -2.20. The highest BCUT2D eigenvalue weighted by molar-refractivity contribution is 7.99. The van der Waals surface area contributed by atoms with Gasteiger partial charge in [0.1, 0.15) is 6.04 Å². The molecule has 1 aromatic carbocycles. The van der Waals surface area contributed by atoms with E-state index in [0.29, 0.717) is 0 Å². The largest absolute Gasteiger partial charge is 0.480 e. The van der Waals surface area contributed by atoms with Crippen LogP contribution in [0.2, 0.25) is 0 Å². The summed E-state index contributed by atoms with van der Waals surface area (Å²) in [5.74, 6) is -0.627. The van der Waals surface area contributed by atoms with Crippen molar-refractivity contribution in [2.24, 2.45) is 5.92 Å². The fourth-order valence-electron chi connectivity index (χ4n) is 1.66. The summed E-state index contributed by atoms with van der Waals surface area (Å²) in [6, 6.07) is 9.05. The van der Waals surface area contributed by atoms with E-state index in [1.54, 1.807) is 20.8 Å². The molecule has 0 aromatic heterocycles. The van der Waals surface area contributed by atoms with Crippen LogP contribution in [0.4, 0.5) is 0 Å². The van der Waals surface area contributed by atoms with Gasteiger partial charge in [-0.25, -0.2) is 4.79 Å². The number of rotatable bonds is 7. The molecule has 0 aliphatic rings. The van der Waals surface area contributed by atoms with Crippen molar-refractivity contribution in [3.05, 3.63) is 35.9 Å². The molecule has 0 radical (unpaired) electrons. The van der Waals surface area contributed by atoms with Gasteiger partial charge < -0.3 is 10.4 Å². The van der Waals surface area contributed by atoms with Crippen LogP contribution < -0.4 is 5.32 Å². The number of carboxylic acid groups (broad SMARTS) is 1. The zero-order valence-electron chi connectivity index (χ0n) is 12.0. The first-order chi connectivity index (χ1) is 9.41. The number of amides is 1. The minimum absolute atomic E-state index is 0.136. The zero-order valence-corrected chi connectivity index (χ0v) is 12.8. The van der Waals surface area contributed by atoms with E-state index in [0.717, 1.165) is 11.3 Å². The van der Waals surface area contributed by atoms with Crippen molar-refractivity contribution in [1.29, 1.82) is 0 Å². The summed E-state index contributed by atoms with van der Waals surface area (Å²) in [6.07, 6.45) is 0. The fraction of sp³-hybridized carbons (Fsp3) is 0.467. The number of carbonyl (C=O) groups is 2. The Hall–Kier alpha value is -1.49. The van der Waals surface area contributed by atoms with Gasteiger partial charge in [-0.1, -0.05) is 44.2 Å². The standard InChI is InChI=1S/C15H21NO3S/c1-10(2)13(15(18)19)16-14(17)11(3)20-9-12-7-5-4-6-8-12/h4-8,10-11,13H,9H2,1-3H3,(H,16,17)(H,18,19)/t11?,13-/m0/s1. The van der Waals surface area contributed by atoms with Gasteiger partial charge in [-0.15, -0.1) is 11.8 Å². The summed E-state index contributed by atoms with van der Waals surface area (Å²) < 4.78 is 0. The van der Waals surface area contributed by atoms with E-state index in [1.807, 2.05) is 30.3 Å². The first-order valence-corrected chi connectivity index (χ1v) is 7.65. The summed E-state index contributed by atoms with van der Waals surface area (Å²) in [5, 5.41) is 11.4. The van der Waals surface area contributed by atoms with Crippen LogP contribution in [0.5, 0.6) is 0 Å². The minimum Gasteiger partial charge on any atom is -0.480 e. The predicted molar refractivity (Wildman–Crippen MR) is 81.6 cm³/mol. The Bertz CT molecular complexity index is 448. The van der Waals surface area contributed by atoms with Crippen LogP contribution in [0, 0.1) is 5.92 Å². The predicted octanol–water partition coefficient (Wildman–Crippen LogP) is 2.53. The topological polar surface area (TPSA) is 66.4 Å². The van der Waals surface area contributed by atoms with E-state index in [9.17, 15) is 9.59 Å². The van der Waals surface area contributed by atoms with E-state index in [2.05, 4.69) is 5.32 Å². The first kappa shape index (κ1) is 16.6. The van der Waals surface area contributed by atoms with Crippen LogP contribution in [0.25, 0.3) is 0 Å². The van der Waals surface area contributed by atoms with Crippen LogP contribution in [0.15, 0.2) is 30.3 Å². The van der Waals surface area contributed by atoms with Crippen LogP contribution in [-0.2, 0) is 15.3 Å². The molecule has 0 aliphatic carbocycles. The summed E-state index contributed by atoms with van der Waals surface area (Å²) in [6.45, 7) is 5.35. The van der Waals surface area contributed by atoms with Crippen molar-refractivity contribution in [3.8, 4) is 0 Å². The molecule has 20 heavy (non-hydrogen) atoms. The number of benzene rings is 1. The van der Waals surface area contributed by atoms with Crippen molar-refractivity contribution >= 4 is 23.6 Å². The van der Waals surface area contributed by atoms with E-state index in [-0.39, 0.29) is 17.1 Å². The molecule has 1 unspecified atom stereocenters. The van der Waals surface area contributed by atoms with Crippen LogP contribution >= 0.6 is 11.8 Å². The lowest BCUT2D eigenvalue weighted by molar-refractivity contribution is -0.143. The minimum atomic E-state index is -0.992. The number of carbonyl (C=O) groups excluding carboxylic acids is 1. The van der Waals surface area contributed by atoms with Gasteiger partial charge in [0.2, 0.25) is 5.91 Å². The number of nitrogens with one attached hydrogen (secondary N) is 1. The molecule has 0 aliphatic heterocycles. The molecule has 0 saturated carbocycles. The van der Waals surface area contributed by atoms with Gasteiger partial charge in [-0.05, 0) is 18.4 Å². The number of hydrogen-bond donors (Lipinski definition) is 2. The quantitative estimate of drug-likeness (QED) is 0.811. The summed E-state index contributed by atoms with van der Waals surface area (Å²) in [7, 11) is 0. The van der Waals surface area contributed by atoms with Crippen LogP contribution in [0.3, 0.4) is 0 Å². The molecule has 5 heteroatoms. The molecule has 0 heterocycles. The van der Waals surface area contributed by atoms with E-state index in [4.69, 9.17) is 5.11 Å². The molecule has 4 nitrogen and oxygen atoms in total. The molecule has 110 valence electrons. The second-order valence-electron chi connectivity index (χ2n) is 5.01. The lowest BCUT2D eigenvalue weighted by atomic mass is 10.0. The number of thioether (sulfide) groups is 1. The van der Waals surface area contributed by atoms with Gasteiger partial charge in [0.15, 0.2) is 0 Å². The number of hydrogen-bond acceptors (Lipinski definition) is 3. The Morgan fingerprint density at radius 3 is 2.30 bits per heavy atom. The summed E-state index contributed by atoms with van der Waals surface area (Å²) in [5.41, 5.74) is 1.15. The third kappa shape index (κ3) is 5.25. The Balaban J connectivity index is 2.48. The van der Waals surface area contributed by atoms with Crippen LogP contribution in [0.1, 0.15) is 26.3 Å². The molecule has 0 spiro atoms. The van der Waals surface area contributed by atoms with Gasteiger partial charge in [0.05, 0.1) is 5.25 Å². The molecule has 2 N–H and O–H groups in total. The summed E-state index contributed by atoms with van der Waals surface area (Å²) in [4.78, 5) is 23.0. The highest BCUT2D eigenvalue weighted by Crippen LogP contribution is 2.18. The van der Waals surface area contributed by atoms with Gasteiger partial charge in [0.25, 0.3) is 0 Å². The Kier molecular flexibility index (Phi) is 6.58. The molecular formula is C15H21NO3S. The molecule has 1 amide bonds. The molecule has 1 aromatic rings. The molecule has 0 bridgehead atoms. The molecule has 1 rings (SSSR count). The van der Waals surface area contributed by atoms with Crippen molar-refractivity contribution in [2.45, 2.75) is 37.8 Å². The van der Waals surface area contributed by atoms with Gasteiger partial charge in [-0.2, -0.15) is 0 Å². The number of aliphatic carboxylic acids is 1. The SMILES string of the molecule is CC(SCc1ccccc1)C(=O)N[C@H](C(=O)O)C(C)C. The molecule has 2 atom stereocenters. The van der Waals surface area contributed by atoms with Crippen molar-refractivity contribution in [3.63, 3.8) is 0 Å². The van der Waals surface area contributed by atoms with Crippen molar-refractivity contribution in [1.82, 2.24) is 5.32 Å². The number of carboxylic acids is 1. The zero-order chi connectivity index (χ0) is 15.1. The third-order valence-corrected chi connectivity index (χ3v) is 4.16. The molecule has 0 fully saturated rings. The first-order valence-electron chi connectivity index (χ1n) is 6.60. The van der Waals surface area contributed by atoms with Gasteiger partial charge in [0, 0.05) is 5.75 Å². The normalized spacial score (nSPS) is 13.8. The Morgan fingerprint density at radius 1 is 1.20 bits per heavy atom. The van der Waals surface area contributed by atoms with E-state index >= 15 is 0 Å². The fourth-order valence-corrected chi connectivity index (χ4v) is 2.51. The second-order valence-corrected chi connectivity index (χ2v) is 6.34. The van der Waals surface area contributed by atoms with Crippen molar-refractivity contribution < 1.29 is 14.7 Å². The van der Waals surface area contributed by atoms with Gasteiger partial charge in [-0.3, -0.25) is 4.79 Å².